The van der Waals surface area contributed by atoms with Crippen LogP contribution in [0.1, 0.15) is 36.7 Å². The molecule has 0 saturated heterocycles. The minimum atomic E-state index is 0.208. The van der Waals surface area contributed by atoms with Crippen molar-refractivity contribution in [3.8, 4) is 5.75 Å². The summed E-state index contributed by atoms with van der Waals surface area (Å²) in [5.41, 5.74) is 3.31. The first-order chi connectivity index (χ1) is 9.13. The summed E-state index contributed by atoms with van der Waals surface area (Å²) in [6.07, 6.45) is 1.92. The van der Waals surface area contributed by atoms with Crippen LogP contribution in [0.3, 0.4) is 0 Å². The molecule has 0 spiro atoms. The maximum Gasteiger partial charge on any atom is 0.120 e. The number of aromatic hydroxyl groups is 1. The maximum atomic E-state index is 9.73. The molecule has 0 saturated carbocycles. The van der Waals surface area contributed by atoms with Crippen molar-refractivity contribution in [2.75, 3.05) is 0 Å². The Morgan fingerprint density at radius 1 is 1.37 bits per heavy atom. The Kier molecular flexibility index (Phi) is 4.22. The van der Waals surface area contributed by atoms with Crippen LogP contribution in [0.25, 0.3) is 0 Å². The number of phenolic OH excluding ortho intramolecular Hbond substituents is 1. The quantitative estimate of drug-likeness (QED) is 0.868. The summed E-state index contributed by atoms with van der Waals surface area (Å²) >= 11 is 0. The van der Waals surface area contributed by atoms with Crippen LogP contribution in [0.2, 0.25) is 0 Å². The first kappa shape index (κ1) is 13.6. The van der Waals surface area contributed by atoms with Gasteiger partial charge in [0.05, 0.1) is 6.20 Å². The topological polar surface area (TPSA) is 50.1 Å². The third-order valence-electron chi connectivity index (χ3n) is 3.50. The van der Waals surface area contributed by atoms with Crippen molar-refractivity contribution in [1.29, 1.82) is 0 Å². The van der Waals surface area contributed by atoms with Gasteiger partial charge in [-0.25, -0.2) is 0 Å². The Hall–Kier alpha value is -1.81. The van der Waals surface area contributed by atoms with Gasteiger partial charge in [0, 0.05) is 36.0 Å². The van der Waals surface area contributed by atoms with Crippen molar-refractivity contribution >= 4 is 0 Å². The van der Waals surface area contributed by atoms with Crippen molar-refractivity contribution in [2.45, 2.75) is 39.9 Å². The average Bonchev–Trinajstić information content (AvgIpc) is 2.78. The van der Waals surface area contributed by atoms with Gasteiger partial charge >= 0.3 is 0 Å². The number of aryl methyl sites for hydroxylation is 1. The van der Waals surface area contributed by atoms with E-state index in [2.05, 4.69) is 31.2 Å². The Labute approximate surface area is 114 Å². The molecule has 0 amide bonds. The standard InChI is InChI=1S/C15H21N3O/c1-4-18-12(3)14(10-17-18)11(2)16-9-13-7-5-6-8-15(13)19/h5-8,10-11,16,19H,4,9H2,1-3H3. The fourth-order valence-electron chi connectivity index (χ4n) is 2.24. The van der Waals surface area contributed by atoms with Gasteiger partial charge in [0.15, 0.2) is 0 Å². The Bertz CT molecular complexity index is 548. The van der Waals surface area contributed by atoms with E-state index >= 15 is 0 Å². The molecular weight excluding hydrogens is 238 g/mol. The lowest BCUT2D eigenvalue weighted by molar-refractivity contribution is 0.460. The number of nitrogens with zero attached hydrogens (tertiary/aromatic N) is 2. The third kappa shape index (κ3) is 2.96. The average molecular weight is 259 g/mol. The molecule has 0 fully saturated rings. The monoisotopic (exact) mass is 259 g/mol. The van der Waals surface area contributed by atoms with Crippen LogP contribution in [0.15, 0.2) is 30.5 Å². The number of rotatable bonds is 5. The van der Waals surface area contributed by atoms with E-state index in [1.165, 1.54) is 11.3 Å². The van der Waals surface area contributed by atoms with Gasteiger partial charge in [0.25, 0.3) is 0 Å². The van der Waals surface area contributed by atoms with Crippen molar-refractivity contribution < 1.29 is 5.11 Å². The molecule has 1 aromatic heterocycles. The molecule has 0 bridgehead atoms. The van der Waals surface area contributed by atoms with Gasteiger partial charge < -0.3 is 10.4 Å². The molecule has 2 N–H and O–H groups in total. The van der Waals surface area contributed by atoms with E-state index in [1.54, 1.807) is 6.07 Å². The van der Waals surface area contributed by atoms with Crippen molar-refractivity contribution in [3.05, 3.63) is 47.3 Å². The molecule has 1 unspecified atom stereocenters. The molecule has 2 rings (SSSR count). The molecule has 102 valence electrons. The number of hydrogen-bond donors (Lipinski definition) is 2. The van der Waals surface area contributed by atoms with E-state index in [0.29, 0.717) is 12.3 Å². The Morgan fingerprint density at radius 3 is 2.74 bits per heavy atom. The molecule has 19 heavy (non-hydrogen) atoms. The number of hydrogen-bond acceptors (Lipinski definition) is 3. The van der Waals surface area contributed by atoms with E-state index in [1.807, 2.05) is 29.1 Å². The summed E-state index contributed by atoms with van der Waals surface area (Å²) in [7, 11) is 0. The van der Waals surface area contributed by atoms with Crippen LogP contribution in [0.4, 0.5) is 0 Å². The molecular formula is C15H21N3O. The normalized spacial score (nSPS) is 12.6. The zero-order valence-electron chi connectivity index (χ0n) is 11.7. The lowest BCUT2D eigenvalue weighted by atomic mass is 10.1. The summed E-state index contributed by atoms with van der Waals surface area (Å²) in [5, 5.41) is 17.5. The first-order valence-electron chi connectivity index (χ1n) is 6.66. The molecule has 0 aliphatic rings. The zero-order valence-corrected chi connectivity index (χ0v) is 11.7. The largest absolute Gasteiger partial charge is 0.508 e. The number of nitrogens with one attached hydrogen (secondary N) is 1. The van der Waals surface area contributed by atoms with Crippen LogP contribution in [-0.4, -0.2) is 14.9 Å². The molecule has 2 aromatic rings. The zero-order chi connectivity index (χ0) is 13.8. The van der Waals surface area contributed by atoms with E-state index in [4.69, 9.17) is 0 Å². The van der Waals surface area contributed by atoms with Crippen LogP contribution in [-0.2, 0) is 13.1 Å². The van der Waals surface area contributed by atoms with E-state index in [9.17, 15) is 5.11 Å². The SMILES string of the molecule is CCn1ncc(C(C)NCc2ccccc2O)c1C. The van der Waals surface area contributed by atoms with Gasteiger partial charge in [0.1, 0.15) is 5.75 Å². The van der Waals surface area contributed by atoms with E-state index < -0.39 is 0 Å². The van der Waals surface area contributed by atoms with Crippen LogP contribution in [0.5, 0.6) is 5.75 Å². The van der Waals surface area contributed by atoms with Gasteiger partial charge in [-0.3, -0.25) is 4.68 Å². The summed E-state index contributed by atoms with van der Waals surface area (Å²) in [4.78, 5) is 0. The molecule has 0 aliphatic heterocycles. The van der Waals surface area contributed by atoms with Gasteiger partial charge in [-0.1, -0.05) is 18.2 Å². The van der Waals surface area contributed by atoms with Gasteiger partial charge in [-0.05, 0) is 26.8 Å². The van der Waals surface area contributed by atoms with Crippen LogP contribution >= 0.6 is 0 Å². The van der Waals surface area contributed by atoms with Crippen molar-refractivity contribution in [3.63, 3.8) is 0 Å². The Balaban J connectivity index is 2.03. The molecule has 1 heterocycles. The fraction of sp³-hybridized carbons (Fsp3) is 0.400. The number of para-hydroxylation sites is 1. The molecule has 1 atom stereocenters. The molecule has 4 heteroatoms. The van der Waals surface area contributed by atoms with E-state index in [-0.39, 0.29) is 6.04 Å². The number of benzene rings is 1. The second kappa shape index (κ2) is 5.89. The minimum Gasteiger partial charge on any atom is -0.508 e. The molecule has 0 aliphatic carbocycles. The highest BCUT2D eigenvalue weighted by molar-refractivity contribution is 5.31. The lowest BCUT2D eigenvalue weighted by Crippen LogP contribution is -2.18. The molecule has 0 radical (unpaired) electrons. The second-order valence-corrected chi connectivity index (χ2v) is 4.73. The lowest BCUT2D eigenvalue weighted by Gasteiger charge is -2.14. The number of phenols is 1. The molecule has 1 aromatic carbocycles. The predicted octanol–water partition coefficient (Wildman–Crippen LogP) is 2.77. The van der Waals surface area contributed by atoms with Gasteiger partial charge in [-0.2, -0.15) is 5.10 Å². The number of aromatic nitrogens is 2. The fourth-order valence-corrected chi connectivity index (χ4v) is 2.24. The highest BCUT2D eigenvalue weighted by atomic mass is 16.3. The highest BCUT2D eigenvalue weighted by Gasteiger charge is 2.12. The van der Waals surface area contributed by atoms with Gasteiger partial charge in [-0.15, -0.1) is 0 Å². The summed E-state index contributed by atoms with van der Waals surface area (Å²) < 4.78 is 1.99. The molecule has 4 nitrogen and oxygen atoms in total. The maximum absolute atomic E-state index is 9.73. The van der Waals surface area contributed by atoms with Crippen molar-refractivity contribution in [1.82, 2.24) is 15.1 Å². The summed E-state index contributed by atoms with van der Waals surface area (Å²) in [5.74, 6) is 0.336. The van der Waals surface area contributed by atoms with Crippen LogP contribution < -0.4 is 5.32 Å². The summed E-state index contributed by atoms with van der Waals surface area (Å²) in [6.45, 7) is 7.82. The van der Waals surface area contributed by atoms with E-state index in [0.717, 1.165) is 12.1 Å². The Morgan fingerprint density at radius 2 is 2.11 bits per heavy atom. The van der Waals surface area contributed by atoms with Crippen LogP contribution in [0, 0.1) is 6.92 Å². The smallest absolute Gasteiger partial charge is 0.120 e. The first-order valence-corrected chi connectivity index (χ1v) is 6.66. The minimum absolute atomic E-state index is 0.208. The third-order valence-corrected chi connectivity index (χ3v) is 3.50. The highest BCUT2D eigenvalue weighted by Crippen LogP contribution is 2.20. The second-order valence-electron chi connectivity index (χ2n) is 4.73. The summed E-state index contributed by atoms with van der Waals surface area (Å²) in [6, 6.07) is 7.61. The predicted molar refractivity (Wildman–Crippen MR) is 76.0 cm³/mol. The van der Waals surface area contributed by atoms with Crippen molar-refractivity contribution in [2.24, 2.45) is 0 Å². The van der Waals surface area contributed by atoms with Gasteiger partial charge in [0.2, 0.25) is 0 Å².